The van der Waals surface area contributed by atoms with Crippen LogP contribution in [0, 0.1) is 0 Å². The Morgan fingerprint density at radius 1 is 1.30 bits per heavy atom. The second-order valence-electron chi connectivity index (χ2n) is 5.05. The highest BCUT2D eigenvalue weighted by Gasteiger charge is 2.14. The lowest BCUT2D eigenvalue weighted by Gasteiger charge is -2.05. The van der Waals surface area contributed by atoms with E-state index in [4.69, 9.17) is 9.15 Å². The molecule has 0 N–H and O–H groups in total. The molecule has 0 aliphatic carbocycles. The fourth-order valence-electron chi connectivity index (χ4n) is 2.10. The van der Waals surface area contributed by atoms with Crippen LogP contribution in [0.3, 0.4) is 0 Å². The molecule has 2 aromatic heterocycles. The molecule has 0 bridgehead atoms. The largest absolute Gasteiger partial charge is 0.440 e. The Bertz CT molecular complexity index is 740. The fourth-order valence-corrected chi connectivity index (χ4v) is 3.79. The summed E-state index contributed by atoms with van der Waals surface area (Å²) in [6.45, 7) is 2.68. The van der Waals surface area contributed by atoms with Crippen LogP contribution in [0.15, 0.2) is 46.3 Å². The zero-order chi connectivity index (χ0) is 16.1. The summed E-state index contributed by atoms with van der Waals surface area (Å²) in [7, 11) is 1.69. The van der Waals surface area contributed by atoms with Crippen LogP contribution in [0.4, 0.5) is 0 Å². The number of hydrogen-bond acceptors (Lipinski definition) is 6. The Kier molecular flexibility index (Phi) is 5.48. The van der Waals surface area contributed by atoms with Crippen LogP contribution in [-0.4, -0.2) is 17.1 Å². The molecule has 4 nitrogen and oxygen atoms in total. The number of thioether (sulfide) groups is 1. The van der Waals surface area contributed by atoms with Crippen LogP contribution in [-0.2, 0) is 17.1 Å². The molecular formula is C17H18N2O2S2. The minimum absolute atomic E-state index is 0.181. The van der Waals surface area contributed by atoms with Gasteiger partial charge in [0.15, 0.2) is 5.76 Å². The third kappa shape index (κ3) is 4.22. The van der Waals surface area contributed by atoms with Crippen molar-refractivity contribution in [3.8, 4) is 11.3 Å². The van der Waals surface area contributed by atoms with Gasteiger partial charge < -0.3 is 9.15 Å². The van der Waals surface area contributed by atoms with Gasteiger partial charge in [-0.05, 0) is 6.92 Å². The van der Waals surface area contributed by atoms with E-state index in [-0.39, 0.29) is 5.25 Å². The molecule has 0 amide bonds. The fraction of sp³-hybridized carbons (Fsp3) is 0.294. The standard InChI is InChI=1S/C17H18N2O2S2/c1-12(22-10-14-11-23-16(19-14)9-20-2)17-18-8-15(21-17)13-6-4-3-5-7-13/h3-8,11-12H,9-10H2,1-2H3/t12-/m0/s1. The second-order valence-corrected chi connectivity index (χ2v) is 7.32. The molecule has 0 aliphatic rings. The number of thiazole rings is 1. The van der Waals surface area contributed by atoms with Crippen LogP contribution in [0.5, 0.6) is 0 Å². The molecule has 0 radical (unpaired) electrons. The lowest BCUT2D eigenvalue weighted by molar-refractivity contribution is 0.184. The maximum absolute atomic E-state index is 5.89. The van der Waals surface area contributed by atoms with E-state index in [1.165, 1.54) is 0 Å². The summed E-state index contributed by atoms with van der Waals surface area (Å²) in [4.78, 5) is 8.95. The number of methoxy groups -OCH3 is 1. The summed E-state index contributed by atoms with van der Waals surface area (Å²) in [6, 6.07) is 10.0. The predicted molar refractivity (Wildman–Crippen MR) is 94.5 cm³/mol. The molecule has 3 rings (SSSR count). The summed E-state index contributed by atoms with van der Waals surface area (Å²) in [5, 5.41) is 3.28. The van der Waals surface area contributed by atoms with Crippen molar-refractivity contribution < 1.29 is 9.15 Å². The Morgan fingerprint density at radius 3 is 2.91 bits per heavy atom. The van der Waals surface area contributed by atoms with Crippen LogP contribution in [0.1, 0.15) is 28.8 Å². The summed E-state index contributed by atoms with van der Waals surface area (Å²) >= 11 is 3.40. The normalized spacial score (nSPS) is 12.4. The molecule has 0 aliphatic heterocycles. The van der Waals surface area contributed by atoms with Gasteiger partial charge in [-0.1, -0.05) is 30.3 Å². The molecule has 3 aromatic rings. The Balaban J connectivity index is 1.60. The smallest absolute Gasteiger partial charge is 0.207 e. The van der Waals surface area contributed by atoms with Crippen molar-refractivity contribution in [2.24, 2.45) is 0 Å². The lowest BCUT2D eigenvalue weighted by Crippen LogP contribution is -1.91. The SMILES string of the molecule is COCc1nc(CS[C@@H](C)c2ncc(-c3ccccc3)o2)cs1. The Hall–Kier alpha value is -1.63. The highest BCUT2D eigenvalue weighted by molar-refractivity contribution is 7.98. The van der Waals surface area contributed by atoms with Gasteiger partial charge in [-0.25, -0.2) is 9.97 Å². The average molecular weight is 346 g/mol. The van der Waals surface area contributed by atoms with E-state index >= 15 is 0 Å². The third-order valence-electron chi connectivity index (χ3n) is 3.28. The quantitative estimate of drug-likeness (QED) is 0.606. The maximum Gasteiger partial charge on any atom is 0.207 e. The molecule has 1 aromatic carbocycles. The van der Waals surface area contributed by atoms with Gasteiger partial charge in [-0.3, -0.25) is 0 Å². The first-order valence-electron chi connectivity index (χ1n) is 7.31. The highest BCUT2D eigenvalue weighted by atomic mass is 32.2. The van der Waals surface area contributed by atoms with Crippen LogP contribution in [0.25, 0.3) is 11.3 Å². The number of ether oxygens (including phenoxy) is 1. The van der Waals surface area contributed by atoms with Crippen molar-refractivity contribution in [3.05, 3.63) is 58.5 Å². The molecular weight excluding hydrogens is 328 g/mol. The monoisotopic (exact) mass is 346 g/mol. The zero-order valence-electron chi connectivity index (χ0n) is 13.1. The summed E-state index contributed by atoms with van der Waals surface area (Å²) in [5.74, 6) is 2.40. The van der Waals surface area contributed by atoms with Crippen molar-refractivity contribution in [1.29, 1.82) is 0 Å². The summed E-state index contributed by atoms with van der Waals surface area (Å²) < 4.78 is 11.0. The van der Waals surface area contributed by atoms with E-state index < -0.39 is 0 Å². The van der Waals surface area contributed by atoms with E-state index in [1.807, 2.05) is 30.3 Å². The first-order chi connectivity index (χ1) is 11.3. The molecule has 0 fully saturated rings. The van der Waals surface area contributed by atoms with Gasteiger partial charge in [0, 0.05) is 23.8 Å². The van der Waals surface area contributed by atoms with Crippen LogP contribution in [0.2, 0.25) is 0 Å². The average Bonchev–Trinajstić information content (AvgIpc) is 3.23. The molecule has 0 saturated heterocycles. The first kappa shape index (κ1) is 16.2. The van der Waals surface area contributed by atoms with Crippen molar-refractivity contribution in [2.45, 2.75) is 24.5 Å². The van der Waals surface area contributed by atoms with Crippen LogP contribution >= 0.6 is 23.1 Å². The number of nitrogens with zero attached hydrogens (tertiary/aromatic N) is 2. The molecule has 2 heterocycles. The molecule has 1 atom stereocenters. The van der Waals surface area contributed by atoms with E-state index in [0.717, 1.165) is 33.7 Å². The van der Waals surface area contributed by atoms with Crippen molar-refractivity contribution >= 4 is 23.1 Å². The molecule has 6 heteroatoms. The summed E-state index contributed by atoms with van der Waals surface area (Å²) in [5.41, 5.74) is 2.13. The van der Waals surface area contributed by atoms with Crippen molar-refractivity contribution in [2.75, 3.05) is 7.11 Å². The number of rotatable bonds is 7. The maximum atomic E-state index is 5.89. The van der Waals surface area contributed by atoms with E-state index in [1.54, 1.807) is 36.4 Å². The predicted octanol–water partition coefficient (Wildman–Crippen LogP) is 4.94. The molecule has 0 saturated carbocycles. The topological polar surface area (TPSA) is 48.2 Å². The minimum Gasteiger partial charge on any atom is -0.440 e. The van der Waals surface area contributed by atoms with Gasteiger partial charge in [0.05, 0.1) is 23.7 Å². The minimum atomic E-state index is 0.181. The summed E-state index contributed by atoms with van der Waals surface area (Å²) in [6.07, 6.45) is 1.79. The zero-order valence-corrected chi connectivity index (χ0v) is 14.7. The van der Waals surface area contributed by atoms with Crippen LogP contribution < -0.4 is 0 Å². The lowest BCUT2D eigenvalue weighted by atomic mass is 10.2. The Morgan fingerprint density at radius 2 is 2.13 bits per heavy atom. The van der Waals surface area contributed by atoms with Crippen molar-refractivity contribution in [1.82, 2.24) is 9.97 Å². The molecule has 120 valence electrons. The molecule has 0 unspecified atom stereocenters. The third-order valence-corrected chi connectivity index (χ3v) is 5.31. The van der Waals surface area contributed by atoms with Gasteiger partial charge in [0.1, 0.15) is 5.01 Å². The van der Waals surface area contributed by atoms with E-state index in [0.29, 0.717) is 6.61 Å². The number of benzene rings is 1. The van der Waals surface area contributed by atoms with E-state index in [9.17, 15) is 0 Å². The van der Waals surface area contributed by atoms with Gasteiger partial charge >= 0.3 is 0 Å². The molecule has 0 spiro atoms. The first-order valence-corrected chi connectivity index (χ1v) is 9.24. The number of hydrogen-bond donors (Lipinski definition) is 0. The van der Waals surface area contributed by atoms with Gasteiger partial charge in [0.2, 0.25) is 5.89 Å². The number of aromatic nitrogens is 2. The van der Waals surface area contributed by atoms with Gasteiger partial charge in [0.25, 0.3) is 0 Å². The van der Waals surface area contributed by atoms with E-state index in [2.05, 4.69) is 22.3 Å². The van der Waals surface area contributed by atoms with Gasteiger partial charge in [-0.2, -0.15) is 0 Å². The Labute approximate surface area is 143 Å². The van der Waals surface area contributed by atoms with Crippen molar-refractivity contribution in [3.63, 3.8) is 0 Å². The highest BCUT2D eigenvalue weighted by Crippen LogP contribution is 2.32. The second kappa shape index (κ2) is 7.77. The molecule has 23 heavy (non-hydrogen) atoms. The number of oxazole rings is 1. The van der Waals surface area contributed by atoms with Gasteiger partial charge in [-0.15, -0.1) is 23.1 Å².